The maximum Gasteiger partial charge on any atom is 0.222 e. The number of nitrogens with zero attached hydrogens (tertiary/aromatic N) is 1. The van der Waals surface area contributed by atoms with Crippen LogP contribution in [0.5, 0.6) is 0 Å². The molecule has 1 N–H and O–H groups in total. The second-order valence-corrected chi connectivity index (χ2v) is 8.22. The lowest BCUT2D eigenvalue weighted by molar-refractivity contribution is -0.130. The fourth-order valence-corrected chi connectivity index (χ4v) is 4.86. The molecule has 3 rings (SSSR count). The van der Waals surface area contributed by atoms with Crippen molar-refractivity contribution in [2.45, 2.75) is 77.2 Å². The predicted octanol–water partition coefficient (Wildman–Crippen LogP) is 4.48. The molecule has 4 nitrogen and oxygen atoms in total. The molecule has 2 heterocycles. The van der Waals surface area contributed by atoms with Crippen LogP contribution in [0.15, 0.2) is 23.2 Å². The minimum atomic E-state index is -0.0621. The van der Waals surface area contributed by atoms with E-state index in [1.165, 1.54) is 0 Å². The van der Waals surface area contributed by atoms with Gasteiger partial charge in [-0.1, -0.05) is 6.42 Å². The van der Waals surface area contributed by atoms with Gasteiger partial charge < -0.3 is 15.0 Å². The lowest BCUT2D eigenvalue weighted by atomic mass is 9.74. The Bertz CT molecular complexity index is 589. The average Bonchev–Trinajstić information content (AvgIpc) is 2.67. The normalized spacial score (nSPS) is 24.3. The van der Waals surface area contributed by atoms with E-state index in [0.29, 0.717) is 25.2 Å². The third-order valence-electron chi connectivity index (χ3n) is 6.45. The molecule has 1 aliphatic carbocycles. The van der Waals surface area contributed by atoms with Gasteiger partial charge in [0.05, 0.1) is 0 Å². The van der Waals surface area contributed by atoms with Crippen LogP contribution < -0.4 is 5.32 Å². The molecule has 1 atom stereocenters. The van der Waals surface area contributed by atoms with E-state index in [2.05, 4.69) is 5.32 Å². The van der Waals surface area contributed by atoms with Crippen LogP contribution >= 0.6 is 0 Å². The molecule has 1 unspecified atom stereocenters. The van der Waals surface area contributed by atoms with Gasteiger partial charge in [0.15, 0.2) is 0 Å². The fourth-order valence-electron chi connectivity index (χ4n) is 4.86. The average molecular weight is 379 g/mol. The molecule has 1 spiro atoms. The standard InChI is InChI=1S/C22H35FN2O2/c1-3-25(4-2)21(26)8-6-5-7-17-16-22(11-13-24-14-12-22)27-20-10-9-18(23)15-19(17)20/h15,17,24H,3-14,16H2,1-2H3. The summed E-state index contributed by atoms with van der Waals surface area (Å²) in [6.07, 6.45) is 9.53. The molecule has 0 aromatic carbocycles. The highest BCUT2D eigenvalue weighted by Crippen LogP contribution is 2.46. The molecule has 0 saturated carbocycles. The van der Waals surface area contributed by atoms with Gasteiger partial charge in [-0.2, -0.15) is 0 Å². The zero-order valence-electron chi connectivity index (χ0n) is 17.0. The minimum Gasteiger partial charge on any atom is -0.491 e. The van der Waals surface area contributed by atoms with Crippen LogP contribution in [0.25, 0.3) is 0 Å². The number of rotatable bonds is 7. The fraction of sp³-hybridized carbons (Fsp3) is 0.773. The third kappa shape index (κ3) is 4.92. The first kappa shape index (κ1) is 20.4. The molecule has 152 valence electrons. The van der Waals surface area contributed by atoms with Gasteiger partial charge in [0.2, 0.25) is 5.91 Å². The Hall–Kier alpha value is -1.36. The zero-order valence-corrected chi connectivity index (χ0v) is 17.0. The van der Waals surface area contributed by atoms with Crippen LogP contribution in [-0.4, -0.2) is 42.6 Å². The molecule has 3 aliphatic rings. The Morgan fingerprint density at radius 2 is 2.00 bits per heavy atom. The van der Waals surface area contributed by atoms with Crippen LogP contribution in [0.4, 0.5) is 4.39 Å². The Labute approximate surface area is 163 Å². The van der Waals surface area contributed by atoms with E-state index in [-0.39, 0.29) is 17.3 Å². The molecule has 0 aromatic heterocycles. The number of piperidine rings is 1. The Kier molecular flexibility index (Phi) is 6.96. The largest absolute Gasteiger partial charge is 0.491 e. The monoisotopic (exact) mass is 378 g/mol. The molecule has 2 aliphatic heterocycles. The summed E-state index contributed by atoms with van der Waals surface area (Å²) in [5.41, 5.74) is 1.03. The highest BCUT2D eigenvalue weighted by Gasteiger charge is 2.42. The molecule has 1 amide bonds. The summed E-state index contributed by atoms with van der Waals surface area (Å²) in [7, 11) is 0. The van der Waals surface area contributed by atoms with Crippen molar-refractivity contribution in [2.75, 3.05) is 26.2 Å². The summed E-state index contributed by atoms with van der Waals surface area (Å²) >= 11 is 0. The minimum absolute atomic E-state index is 0.0136. The summed E-state index contributed by atoms with van der Waals surface area (Å²) in [5, 5.41) is 3.43. The van der Waals surface area contributed by atoms with Crippen molar-refractivity contribution in [2.24, 2.45) is 5.92 Å². The number of unbranched alkanes of at least 4 members (excludes halogenated alkanes) is 1. The van der Waals surface area contributed by atoms with Crippen molar-refractivity contribution in [1.82, 2.24) is 10.2 Å². The molecule has 0 bridgehead atoms. The van der Waals surface area contributed by atoms with E-state index in [1.807, 2.05) is 18.7 Å². The third-order valence-corrected chi connectivity index (χ3v) is 6.45. The first-order valence-electron chi connectivity index (χ1n) is 10.8. The molecular weight excluding hydrogens is 343 g/mol. The summed E-state index contributed by atoms with van der Waals surface area (Å²) in [5.74, 6) is 1.64. The highest BCUT2D eigenvalue weighted by atomic mass is 19.1. The van der Waals surface area contributed by atoms with E-state index >= 15 is 0 Å². The molecular formula is C22H35FN2O2. The smallest absolute Gasteiger partial charge is 0.222 e. The van der Waals surface area contributed by atoms with Crippen LogP contribution in [0.2, 0.25) is 0 Å². The number of amides is 1. The Morgan fingerprint density at radius 1 is 1.26 bits per heavy atom. The number of nitrogens with one attached hydrogen (secondary N) is 1. The predicted molar refractivity (Wildman–Crippen MR) is 106 cm³/mol. The highest BCUT2D eigenvalue weighted by molar-refractivity contribution is 5.76. The van der Waals surface area contributed by atoms with E-state index < -0.39 is 0 Å². The molecule has 1 saturated heterocycles. The molecule has 5 heteroatoms. The Morgan fingerprint density at radius 3 is 2.70 bits per heavy atom. The first-order chi connectivity index (χ1) is 13.1. The van der Waals surface area contributed by atoms with Crippen molar-refractivity contribution in [1.29, 1.82) is 0 Å². The van der Waals surface area contributed by atoms with Crippen molar-refractivity contribution in [3.63, 3.8) is 0 Å². The molecule has 27 heavy (non-hydrogen) atoms. The van der Waals surface area contributed by atoms with Crippen LogP contribution in [0.1, 0.15) is 71.6 Å². The quantitative estimate of drug-likeness (QED) is 0.664. The topological polar surface area (TPSA) is 41.6 Å². The van der Waals surface area contributed by atoms with Crippen molar-refractivity contribution in [3.8, 4) is 0 Å². The van der Waals surface area contributed by atoms with Crippen molar-refractivity contribution in [3.05, 3.63) is 23.2 Å². The SMILES string of the molecule is CCN(CC)C(=O)CCCCC1CC2(CCNCC2)OC2=C1C=C(F)CC2. The van der Waals surface area contributed by atoms with Gasteiger partial charge in [-0.05, 0) is 76.6 Å². The maximum absolute atomic E-state index is 13.9. The van der Waals surface area contributed by atoms with Crippen molar-refractivity contribution < 1.29 is 13.9 Å². The van der Waals surface area contributed by atoms with Gasteiger partial charge >= 0.3 is 0 Å². The number of halogens is 1. The summed E-state index contributed by atoms with van der Waals surface area (Å²) in [6, 6.07) is 0. The summed E-state index contributed by atoms with van der Waals surface area (Å²) in [4.78, 5) is 14.1. The van der Waals surface area contributed by atoms with E-state index in [4.69, 9.17) is 4.74 Å². The molecule has 0 radical (unpaired) electrons. The second-order valence-electron chi connectivity index (χ2n) is 8.22. The number of ether oxygens (including phenoxy) is 1. The van der Waals surface area contributed by atoms with Crippen LogP contribution in [0.3, 0.4) is 0 Å². The lowest BCUT2D eigenvalue weighted by Gasteiger charge is -2.46. The molecule has 0 aromatic rings. The summed E-state index contributed by atoms with van der Waals surface area (Å²) < 4.78 is 20.4. The van der Waals surface area contributed by atoms with E-state index in [1.54, 1.807) is 6.08 Å². The van der Waals surface area contributed by atoms with Crippen molar-refractivity contribution >= 4 is 5.91 Å². The van der Waals surface area contributed by atoms with Gasteiger partial charge in [0.1, 0.15) is 17.2 Å². The number of hydrogen-bond acceptors (Lipinski definition) is 3. The second kappa shape index (κ2) is 9.22. The number of allylic oxidation sites excluding steroid dienone is 4. The number of carbonyl (C=O) groups excluding carboxylic acids is 1. The summed E-state index contributed by atoms with van der Waals surface area (Å²) in [6.45, 7) is 7.62. The van der Waals surface area contributed by atoms with Crippen LogP contribution in [0, 0.1) is 5.92 Å². The van der Waals surface area contributed by atoms with E-state index in [9.17, 15) is 9.18 Å². The maximum atomic E-state index is 13.9. The van der Waals surface area contributed by atoms with Gasteiger partial charge in [-0.15, -0.1) is 0 Å². The zero-order chi connectivity index (χ0) is 19.3. The van der Waals surface area contributed by atoms with Gasteiger partial charge in [0, 0.05) is 32.4 Å². The van der Waals surface area contributed by atoms with Crippen LogP contribution in [-0.2, 0) is 9.53 Å². The first-order valence-corrected chi connectivity index (χ1v) is 10.8. The number of hydrogen-bond donors (Lipinski definition) is 1. The van der Waals surface area contributed by atoms with E-state index in [0.717, 1.165) is 76.0 Å². The lowest BCUT2D eigenvalue weighted by Crippen LogP contribution is -2.47. The molecule has 1 fully saturated rings. The number of carbonyl (C=O) groups is 1. The van der Waals surface area contributed by atoms with Gasteiger partial charge in [-0.3, -0.25) is 4.79 Å². The van der Waals surface area contributed by atoms with Gasteiger partial charge in [-0.25, -0.2) is 4.39 Å². The van der Waals surface area contributed by atoms with Gasteiger partial charge in [0.25, 0.3) is 0 Å². The Balaban J connectivity index is 1.61.